The van der Waals surface area contributed by atoms with Gasteiger partial charge in [0.2, 0.25) is 0 Å². The summed E-state index contributed by atoms with van der Waals surface area (Å²) in [5.74, 6) is 0. The van der Waals surface area contributed by atoms with Crippen LogP contribution in [-0.2, 0) is 6.18 Å². The summed E-state index contributed by atoms with van der Waals surface area (Å²) in [7, 11) is 0. The van der Waals surface area contributed by atoms with Crippen LogP contribution >= 0.6 is 11.5 Å². The summed E-state index contributed by atoms with van der Waals surface area (Å²) in [4.78, 5) is 0.420. The summed E-state index contributed by atoms with van der Waals surface area (Å²) >= 11 is 0.821. The molecule has 0 atom stereocenters. The van der Waals surface area contributed by atoms with Crippen molar-refractivity contribution in [2.24, 2.45) is 0 Å². The Bertz CT molecular complexity index is 523. The molecule has 0 saturated carbocycles. The Morgan fingerprint density at radius 2 is 1.71 bits per heavy atom. The third-order valence-electron chi connectivity index (χ3n) is 2.21. The third kappa shape index (κ3) is 2.66. The molecule has 89 valence electrons. The van der Waals surface area contributed by atoms with Gasteiger partial charge in [-0.05, 0) is 30.9 Å². The number of hydrogen-bond acceptors (Lipinski definition) is 2. The minimum absolute atomic E-state index is 0.420. The molecular weight excluding hydrogens is 247 g/mol. The van der Waals surface area contributed by atoms with E-state index in [2.05, 4.69) is 10.4 Å². The molecule has 17 heavy (non-hydrogen) atoms. The number of nitrogens with zero attached hydrogens (tertiary/aromatic N) is 1. The van der Waals surface area contributed by atoms with E-state index in [0.717, 1.165) is 28.2 Å². The largest absolute Gasteiger partial charge is 0.435 e. The van der Waals surface area contributed by atoms with Crippen LogP contribution < -0.4 is 0 Å². The zero-order chi connectivity index (χ0) is 12.6. The van der Waals surface area contributed by atoms with Crippen LogP contribution in [0.1, 0.15) is 16.8 Å². The molecule has 1 heterocycles. The minimum atomic E-state index is -4.42. The number of benzene rings is 1. The fraction of sp³-hybridized carbons (Fsp3) is 0.250. The van der Waals surface area contributed by atoms with E-state index in [0.29, 0.717) is 4.88 Å². The van der Waals surface area contributed by atoms with E-state index in [1.54, 1.807) is 0 Å². The van der Waals surface area contributed by atoms with Gasteiger partial charge in [0, 0.05) is 6.07 Å². The van der Waals surface area contributed by atoms with Crippen molar-refractivity contribution in [1.29, 1.82) is 0 Å². The summed E-state index contributed by atoms with van der Waals surface area (Å²) in [6.07, 6.45) is -4.42. The lowest BCUT2D eigenvalue weighted by atomic mass is 10.1. The zero-order valence-corrected chi connectivity index (χ0v) is 10.0. The van der Waals surface area contributed by atoms with Gasteiger partial charge in [-0.1, -0.05) is 29.3 Å². The second kappa shape index (κ2) is 4.14. The molecule has 0 spiro atoms. The summed E-state index contributed by atoms with van der Waals surface area (Å²) in [6.45, 7) is 3.81. The third-order valence-corrected chi connectivity index (χ3v) is 3.01. The van der Waals surface area contributed by atoms with Crippen molar-refractivity contribution in [3.05, 3.63) is 41.1 Å². The molecule has 0 aliphatic carbocycles. The Balaban J connectivity index is 2.44. The number of halogens is 3. The van der Waals surface area contributed by atoms with E-state index in [1.165, 1.54) is 0 Å². The molecular formula is C12H9F3NS. The Hall–Kier alpha value is -1.36. The topological polar surface area (TPSA) is 12.9 Å². The minimum Gasteiger partial charge on any atom is -0.187 e. The van der Waals surface area contributed by atoms with E-state index >= 15 is 0 Å². The summed E-state index contributed by atoms with van der Waals surface area (Å²) in [5, 5.41) is 0. The first-order chi connectivity index (χ1) is 7.86. The van der Waals surface area contributed by atoms with Gasteiger partial charge in [0.1, 0.15) is 0 Å². The molecule has 1 aromatic carbocycles. The lowest BCUT2D eigenvalue weighted by Gasteiger charge is -2.01. The van der Waals surface area contributed by atoms with Crippen LogP contribution in [0.5, 0.6) is 0 Å². The van der Waals surface area contributed by atoms with Crippen LogP contribution in [0.4, 0.5) is 13.2 Å². The van der Waals surface area contributed by atoms with Gasteiger partial charge in [-0.15, -0.1) is 0 Å². The highest BCUT2D eigenvalue weighted by Gasteiger charge is 2.34. The second-order valence-corrected chi connectivity index (χ2v) is 4.63. The highest BCUT2D eigenvalue weighted by Crippen LogP contribution is 2.33. The van der Waals surface area contributed by atoms with Crippen molar-refractivity contribution in [2.45, 2.75) is 20.0 Å². The standard InChI is InChI=1S/C12H9F3NS/c1-7-3-8(2)5-9(4-7)10-6-11(16-17-10)12(13,14)15/h3-5H,1-2H3. The van der Waals surface area contributed by atoms with Crippen LogP contribution in [0.2, 0.25) is 0 Å². The second-order valence-electron chi connectivity index (χ2n) is 3.86. The molecule has 0 aliphatic rings. The Labute approximate surface area is 101 Å². The molecule has 1 radical (unpaired) electrons. The number of aryl methyl sites for hydroxylation is 2. The lowest BCUT2D eigenvalue weighted by molar-refractivity contribution is -0.140. The van der Waals surface area contributed by atoms with Gasteiger partial charge in [0.25, 0.3) is 0 Å². The van der Waals surface area contributed by atoms with Crippen molar-refractivity contribution in [1.82, 2.24) is 4.37 Å². The van der Waals surface area contributed by atoms with E-state index in [9.17, 15) is 13.2 Å². The van der Waals surface area contributed by atoms with Crippen LogP contribution in [-0.4, -0.2) is 4.37 Å². The maximum atomic E-state index is 12.4. The van der Waals surface area contributed by atoms with Gasteiger partial charge in [-0.3, -0.25) is 0 Å². The molecule has 1 aromatic heterocycles. The van der Waals surface area contributed by atoms with Crippen molar-refractivity contribution >= 4 is 11.5 Å². The van der Waals surface area contributed by atoms with Gasteiger partial charge >= 0.3 is 6.18 Å². The molecule has 0 bridgehead atoms. The molecule has 0 saturated heterocycles. The van der Waals surface area contributed by atoms with Crippen molar-refractivity contribution in [3.63, 3.8) is 0 Å². The molecule has 2 aromatic rings. The average Bonchev–Trinajstić information content (AvgIpc) is 2.63. The van der Waals surface area contributed by atoms with E-state index in [4.69, 9.17) is 0 Å². The number of alkyl halides is 3. The summed E-state index contributed by atoms with van der Waals surface area (Å²) in [5.41, 5.74) is 1.80. The predicted octanol–water partition coefficient (Wildman–Crippen LogP) is 4.25. The van der Waals surface area contributed by atoms with Gasteiger partial charge in [-0.25, -0.2) is 0 Å². The van der Waals surface area contributed by atoms with Crippen LogP contribution in [0.15, 0.2) is 18.2 Å². The molecule has 0 N–H and O–H groups in total. The highest BCUT2D eigenvalue weighted by atomic mass is 32.1. The van der Waals surface area contributed by atoms with Crippen molar-refractivity contribution in [2.75, 3.05) is 0 Å². The molecule has 1 nitrogen and oxygen atoms in total. The van der Waals surface area contributed by atoms with Crippen LogP contribution in [0.3, 0.4) is 0 Å². The highest BCUT2D eigenvalue weighted by molar-refractivity contribution is 7.09. The van der Waals surface area contributed by atoms with Crippen LogP contribution in [0.25, 0.3) is 10.4 Å². The summed E-state index contributed by atoms with van der Waals surface area (Å²) < 4.78 is 40.5. The SMILES string of the molecule is Cc1cc(C)cc(-c2[c]c(C(F)(F)F)ns2)c1. The Morgan fingerprint density at radius 3 is 2.18 bits per heavy atom. The fourth-order valence-electron chi connectivity index (χ4n) is 1.60. The fourth-order valence-corrected chi connectivity index (χ4v) is 2.30. The van der Waals surface area contributed by atoms with Crippen molar-refractivity contribution in [3.8, 4) is 10.4 Å². The first-order valence-corrected chi connectivity index (χ1v) is 5.68. The molecule has 0 amide bonds. The monoisotopic (exact) mass is 256 g/mol. The van der Waals surface area contributed by atoms with E-state index < -0.39 is 11.9 Å². The zero-order valence-electron chi connectivity index (χ0n) is 9.22. The van der Waals surface area contributed by atoms with E-state index in [1.807, 2.05) is 32.0 Å². The van der Waals surface area contributed by atoms with Gasteiger partial charge in [0.15, 0.2) is 5.69 Å². The first-order valence-electron chi connectivity index (χ1n) is 4.91. The maximum absolute atomic E-state index is 12.4. The lowest BCUT2D eigenvalue weighted by Crippen LogP contribution is -2.04. The molecule has 0 fully saturated rings. The van der Waals surface area contributed by atoms with Gasteiger partial charge < -0.3 is 0 Å². The molecule has 2 rings (SSSR count). The van der Waals surface area contributed by atoms with E-state index in [-0.39, 0.29) is 0 Å². The molecule has 0 aliphatic heterocycles. The van der Waals surface area contributed by atoms with Gasteiger partial charge in [0.05, 0.1) is 4.88 Å². The molecule has 5 heteroatoms. The Morgan fingerprint density at radius 1 is 1.12 bits per heavy atom. The van der Waals surface area contributed by atoms with Crippen molar-refractivity contribution < 1.29 is 13.2 Å². The number of hydrogen-bond donors (Lipinski definition) is 0. The number of rotatable bonds is 1. The maximum Gasteiger partial charge on any atom is 0.435 e. The Kier molecular flexibility index (Phi) is 2.95. The predicted molar refractivity (Wildman–Crippen MR) is 60.9 cm³/mol. The smallest absolute Gasteiger partial charge is 0.187 e. The summed E-state index contributed by atoms with van der Waals surface area (Å²) in [6, 6.07) is 7.93. The van der Waals surface area contributed by atoms with Gasteiger partial charge in [-0.2, -0.15) is 17.5 Å². The first kappa shape index (κ1) is 12.1. The average molecular weight is 256 g/mol. The number of aromatic nitrogens is 1. The quantitative estimate of drug-likeness (QED) is 0.743. The van der Waals surface area contributed by atoms with Crippen LogP contribution in [0, 0.1) is 19.9 Å². The normalized spacial score (nSPS) is 11.8. The molecule has 0 unspecified atom stereocenters.